The molecule has 0 spiro atoms. The first kappa shape index (κ1) is 19.0. The summed E-state index contributed by atoms with van der Waals surface area (Å²) in [5.74, 6) is 1.13. The maximum absolute atomic E-state index is 11.4. The lowest BCUT2D eigenvalue weighted by atomic mass is 9.67. The molecule has 1 saturated carbocycles. The van der Waals surface area contributed by atoms with Crippen LogP contribution in [0.3, 0.4) is 0 Å². The van der Waals surface area contributed by atoms with Crippen molar-refractivity contribution < 1.29 is 4.79 Å². The van der Waals surface area contributed by atoms with Gasteiger partial charge in [-0.05, 0) is 31.6 Å². The minimum absolute atomic E-state index is 0.190. The van der Waals surface area contributed by atoms with Gasteiger partial charge in [0.2, 0.25) is 5.91 Å². The van der Waals surface area contributed by atoms with Crippen molar-refractivity contribution in [1.29, 1.82) is 0 Å². The minimum Gasteiger partial charge on any atom is -0.357 e. The maximum atomic E-state index is 11.4. The number of guanidine groups is 1. The third-order valence-electron chi connectivity index (χ3n) is 5.62. The second kappa shape index (κ2) is 9.25. The van der Waals surface area contributed by atoms with Crippen LogP contribution < -0.4 is 10.6 Å². The van der Waals surface area contributed by atoms with E-state index in [1.807, 2.05) is 4.90 Å². The monoisotopic (exact) mass is 337 g/mol. The number of rotatable bonds is 7. The standard InChI is InChI=1S/C18H35N5O/c1-4-18(7-6-8-18)15-21-17(19-5-2)20-9-10-22-11-13-23(14-12-22)16(3)24/h4-15H2,1-3H3,(H2,19,20,21). The number of nitrogens with zero attached hydrogens (tertiary/aromatic N) is 3. The van der Waals surface area contributed by atoms with Gasteiger partial charge in [-0.15, -0.1) is 0 Å². The Bertz CT molecular complexity index is 420. The van der Waals surface area contributed by atoms with Crippen LogP contribution in [0.25, 0.3) is 0 Å². The molecular weight excluding hydrogens is 302 g/mol. The van der Waals surface area contributed by atoms with E-state index in [1.54, 1.807) is 6.92 Å². The molecule has 0 unspecified atom stereocenters. The molecule has 1 heterocycles. The Morgan fingerprint density at radius 3 is 2.33 bits per heavy atom. The number of carbonyl (C=O) groups excluding carboxylic acids is 1. The van der Waals surface area contributed by atoms with Gasteiger partial charge >= 0.3 is 0 Å². The third kappa shape index (κ3) is 5.36. The maximum Gasteiger partial charge on any atom is 0.219 e. The van der Waals surface area contributed by atoms with Gasteiger partial charge in [-0.1, -0.05) is 13.3 Å². The van der Waals surface area contributed by atoms with Crippen molar-refractivity contribution in [1.82, 2.24) is 20.4 Å². The predicted octanol–water partition coefficient (Wildman–Crippen LogP) is 1.29. The molecule has 0 aromatic rings. The molecule has 138 valence electrons. The van der Waals surface area contributed by atoms with Gasteiger partial charge in [0.05, 0.1) is 0 Å². The molecule has 1 amide bonds. The van der Waals surface area contributed by atoms with E-state index in [1.165, 1.54) is 25.7 Å². The lowest BCUT2D eigenvalue weighted by Crippen LogP contribution is -2.50. The van der Waals surface area contributed by atoms with Gasteiger partial charge in [0.1, 0.15) is 0 Å². The summed E-state index contributed by atoms with van der Waals surface area (Å²) in [5.41, 5.74) is 0.464. The Morgan fingerprint density at radius 2 is 1.83 bits per heavy atom. The Kier molecular flexibility index (Phi) is 7.34. The first-order valence-corrected chi connectivity index (χ1v) is 9.58. The number of aliphatic imine (C=N–C) groups is 1. The van der Waals surface area contributed by atoms with Crippen LogP contribution in [0.1, 0.15) is 46.5 Å². The highest BCUT2D eigenvalue weighted by Crippen LogP contribution is 2.43. The van der Waals surface area contributed by atoms with Gasteiger partial charge in [0.25, 0.3) is 0 Å². The van der Waals surface area contributed by atoms with Crippen molar-refractivity contribution in [2.45, 2.75) is 46.5 Å². The lowest BCUT2D eigenvalue weighted by molar-refractivity contribution is -0.130. The predicted molar refractivity (Wildman–Crippen MR) is 99.3 cm³/mol. The summed E-state index contributed by atoms with van der Waals surface area (Å²) in [6, 6.07) is 0. The number of amides is 1. The molecule has 1 aliphatic carbocycles. The molecule has 6 nitrogen and oxygen atoms in total. The van der Waals surface area contributed by atoms with Crippen LogP contribution in [0, 0.1) is 5.41 Å². The molecule has 1 saturated heterocycles. The van der Waals surface area contributed by atoms with E-state index in [-0.39, 0.29) is 5.91 Å². The average molecular weight is 338 g/mol. The van der Waals surface area contributed by atoms with E-state index in [0.29, 0.717) is 5.41 Å². The van der Waals surface area contributed by atoms with Crippen LogP contribution in [-0.2, 0) is 4.79 Å². The molecule has 6 heteroatoms. The molecule has 2 aliphatic rings. The van der Waals surface area contributed by atoms with Gasteiger partial charge in [0.15, 0.2) is 5.96 Å². The molecule has 0 atom stereocenters. The fraction of sp³-hybridized carbons (Fsp3) is 0.889. The lowest BCUT2D eigenvalue weighted by Gasteiger charge is -2.40. The van der Waals surface area contributed by atoms with Crippen LogP contribution in [-0.4, -0.2) is 74.0 Å². The molecule has 2 rings (SSSR count). The van der Waals surface area contributed by atoms with E-state index in [0.717, 1.165) is 58.3 Å². The summed E-state index contributed by atoms with van der Waals surface area (Å²) in [7, 11) is 0. The van der Waals surface area contributed by atoms with Crippen molar-refractivity contribution >= 4 is 11.9 Å². The topological polar surface area (TPSA) is 60.0 Å². The Hall–Kier alpha value is -1.30. The first-order chi connectivity index (χ1) is 11.6. The Labute approximate surface area is 147 Å². The van der Waals surface area contributed by atoms with Crippen molar-refractivity contribution in [2.75, 3.05) is 52.4 Å². The highest BCUT2D eigenvalue weighted by Gasteiger charge is 2.34. The smallest absolute Gasteiger partial charge is 0.219 e. The third-order valence-corrected chi connectivity index (χ3v) is 5.62. The Balaban J connectivity index is 1.70. The van der Waals surface area contributed by atoms with Gasteiger partial charge in [-0.25, -0.2) is 0 Å². The zero-order valence-electron chi connectivity index (χ0n) is 15.7. The van der Waals surface area contributed by atoms with Crippen LogP contribution in [0.2, 0.25) is 0 Å². The van der Waals surface area contributed by atoms with Crippen molar-refractivity contribution in [3.8, 4) is 0 Å². The fourth-order valence-electron chi connectivity index (χ4n) is 3.51. The summed E-state index contributed by atoms with van der Waals surface area (Å²) in [6.45, 7) is 13.4. The molecular formula is C18H35N5O. The molecule has 0 radical (unpaired) electrons. The second-order valence-electron chi connectivity index (χ2n) is 7.18. The first-order valence-electron chi connectivity index (χ1n) is 9.58. The van der Waals surface area contributed by atoms with E-state index >= 15 is 0 Å². The number of hydrogen-bond acceptors (Lipinski definition) is 3. The van der Waals surface area contributed by atoms with Gasteiger partial charge < -0.3 is 15.5 Å². The zero-order valence-corrected chi connectivity index (χ0v) is 15.7. The summed E-state index contributed by atoms with van der Waals surface area (Å²) in [6.07, 6.45) is 5.25. The number of carbonyl (C=O) groups is 1. The number of piperazine rings is 1. The molecule has 24 heavy (non-hydrogen) atoms. The number of hydrogen-bond donors (Lipinski definition) is 2. The SMILES string of the molecule is CCNC(=NCC1(CC)CCC1)NCCN1CCN(C(C)=O)CC1. The highest BCUT2D eigenvalue weighted by atomic mass is 16.2. The molecule has 2 N–H and O–H groups in total. The van der Waals surface area contributed by atoms with Crippen molar-refractivity contribution in [3.63, 3.8) is 0 Å². The quantitative estimate of drug-likeness (QED) is 0.543. The molecule has 0 bridgehead atoms. The highest BCUT2D eigenvalue weighted by molar-refractivity contribution is 5.79. The van der Waals surface area contributed by atoms with Gasteiger partial charge in [-0.2, -0.15) is 0 Å². The molecule has 2 fully saturated rings. The zero-order chi connectivity index (χ0) is 17.4. The van der Waals surface area contributed by atoms with E-state index < -0.39 is 0 Å². The van der Waals surface area contributed by atoms with Crippen LogP contribution in [0.4, 0.5) is 0 Å². The summed E-state index contributed by atoms with van der Waals surface area (Å²) < 4.78 is 0. The minimum atomic E-state index is 0.190. The van der Waals surface area contributed by atoms with Crippen LogP contribution in [0.15, 0.2) is 4.99 Å². The average Bonchev–Trinajstić information content (AvgIpc) is 2.54. The van der Waals surface area contributed by atoms with Crippen LogP contribution >= 0.6 is 0 Å². The van der Waals surface area contributed by atoms with E-state index in [9.17, 15) is 4.79 Å². The van der Waals surface area contributed by atoms with Gasteiger partial charge in [-0.3, -0.25) is 14.7 Å². The van der Waals surface area contributed by atoms with E-state index in [2.05, 4.69) is 29.4 Å². The van der Waals surface area contributed by atoms with Crippen LogP contribution in [0.5, 0.6) is 0 Å². The molecule has 0 aromatic heterocycles. The van der Waals surface area contributed by atoms with Crippen molar-refractivity contribution in [3.05, 3.63) is 0 Å². The molecule has 1 aliphatic heterocycles. The largest absolute Gasteiger partial charge is 0.357 e. The second-order valence-corrected chi connectivity index (χ2v) is 7.18. The summed E-state index contributed by atoms with van der Waals surface area (Å²) in [4.78, 5) is 20.5. The molecule has 0 aromatic carbocycles. The summed E-state index contributed by atoms with van der Waals surface area (Å²) in [5, 5.41) is 6.82. The van der Waals surface area contributed by atoms with E-state index in [4.69, 9.17) is 4.99 Å². The number of nitrogens with one attached hydrogen (secondary N) is 2. The summed E-state index contributed by atoms with van der Waals surface area (Å²) >= 11 is 0. The van der Waals surface area contributed by atoms with Crippen molar-refractivity contribution in [2.24, 2.45) is 10.4 Å². The van der Waals surface area contributed by atoms with Gasteiger partial charge in [0, 0.05) is 59.3 Å². The Morgan fingerprint density at radius 1 is 1.12 bits per heavy atom. The normalized spacial score (nSPS) is 21.3. The fourth-order valence-corrected chi connectivity index (χ4v) is 3.51.